The second kappa shape index (κ2) is 1.88. The van der Waals surface area contributed by atoms with Gasteiger partial charge in [-0.2, -0.15) is 4.89 Å². The van der Waals surface area contributed by atoms with Gasteiger partial charge in [-0.25, -0.2) is 0 Å². The van der Waals surface area contributed by atoms with Crippen LogP contribution in [0.5, 0.6) is 11.5 Å². The number of hydrogen-bond donors (Lipinski definition) is 1. The van der Waals surface area contributed by atoms with E-state index < -0.39 is 0 Å². The molecule has 3 nitrogen and oxygen atoms in total. The van der Waals surface area contributed by atoms with E-state index in [-0.39, 0.29) is 5.75 Å². The van der Waals surface area contributed by atoms with Crippen LogP contribution < -0.4 is 4.89 Å². The fourth-order valence-corrected chi connectivity index (χ4v) is 0.916. The van der Waals surface area contributed by atoms with Crippen LogP contribution in [0, 0.1) is 0 Å². The summed E-state index contributed by atoms with van der Waals surface area (Å²) in [5, 5.41) is 8.99. The summed E-state index contributed by atoms with van der Waals surface area (Å²) in [6, 6.07) is 4.87. The lowest BCUT2D eigenvalue weighted by Crippen LogP contribution is -1.80. The van der Waals surface area contributed by atoms with Crippen molar-refractivity contribution in [3.8, 4) is 11.5 Å². The monoisotopic (exact) mass is 138 g/mol. The van der Waals surface area contributed by atoms with Crippen LogP contribution in [-0.2, 0) is 11.5 Å². The molecule has 0 unspecified atom stereocenters. The van der Waals surface area contributed by atoms with Gasteiger partial charge in [0, 0.05) is 5.56 Å². The van der Waals surface area contributed by atoms with Crippen molar-refractivity contribution in [1.29, 1.82) is 0 Å². The predicted octanol–water partition coefficient (Wildman–Crippen LogP) is 1.22. The van der Waals surface area contributed by atoms with Gasteiger partial charge >= 0.3 is 0 Å². The van der Waals surface area contributed by atoms with Crippen LogP contribution in [0.3, 0.4) is 0 Å². The minimum Gasteiger partial charge on any atom is -0.508 e. The van der Waals surface area contributed by atoms with Crippen molar-refractivity contribution < 1.29 is 14.9 Å². The average molecular weight is 138 g/mol. The summed E-state index contributed by atoms with van der Waals surface area (Å²) in [5.41, 5.74) is 0.889. The lowest BCUT2D eigenvalue weighted by Gasteiger charge is -1.93. The molecule has 0 bridgehead atoms. The number of phenols is 1. The van der Waals surface area contributed by atoms with Crippen molar-refractivity contribution in [2.75, 3.05) is 0 Å². The van der Waals surface area contributed by atoms with Crippen molar-refractivity contribution in [2.45, 2.75) is 6.61 Å². The third kappa shape index (κ3) is 0.717. The zero-order valence-electron chi connectivity index (χ0n) is 5.20. The SMILES string of the molecule is Oc1ccc2c(c1)COO2. The fraction of sp³-hybridized carbons (Fsp3) is 0.143. The molecule has 1 aromatic rings. The molecule has 52 valence electrons. The first kappa shape index (κ1) is 5.56. The van der Waals surface area contributed by atoms with Crippen LogP contribution in [0.2, 0.25) is 0 Å². The summed E-state index contributed by atoms with van der Waals surface area (Å²) >= 11 is 0. The second-order valence-corrected chi connectivity index (χ2v) is 2.14. The highest BCUT2D eigenvalue weighted by Crippen LogP contribution is 2.28. The molecule has 1 heterocycles. The number of benzene rings is 1. The van der Waals surface area contributed by atoms with Crippen LogP contribution in [0.25, 0.3) is 0 Å². The Balaban J connectivity index is 2.52. The maximum absolute atomic E-state index is 8.99. The van der Waals surface area contributed by atoms with Gasteiger partial charge in [0.25, 0.3) is 0 Å². The van der Waals surface area contributed by atoms with E-state index in [4.69, 9.17) is 9.99 Å². The summed E-state index contributed by atoms with van der Waals surface area (Å²) in [6.07, 6.45) is 0. The molecule has 0 fully saturated rings. The Morgan fingerprint density at radius 3 is 3.20 bits per heavy atom. The minimum atomic E-state index is 0.243. The molecule has 0 spiro atoms. The molecular formula is C7H6O3. The summed E-state index contributed by atoms with van der Waals surface area (Å²) in [4.78, 5) is 9.40. The number of fused-ring (bicyclic) bond motifs is 1. The Kier molecular flexibility index (Phi) is 1.05. The molecular weight excluding hydrogens is 132 g/mol. The molecule has 10 heavy (non-hydrogen) atoms. The van der Waals surface area contributed by atoms with Gasteiger partial charge in [0.1, 0.15) is 12.4 Å². The van der Waals surface area contributed by atoms with Gasteiger partial charge in [0.15, 0.2) is 5.75 Å². The topological polar surface area (TPSA) is 38.7 Å². The molecule has 1 aromatic carbocycles. The lowest BCUT2D eigenvalue weighted by atomic mass is 10.2. The van der Waals surface area contributed by atoms with Gasteiger partial charge in [0.2, 0.25) is 0 Å². The van der Waals surface area contributed by atoms with Crippen LogP contribution in [0.1, 0.15) is 5.56 Å². The van der Waals surface area contributed by atoms with Crippen molar-refractivity contribution in [3.63, 3.8) is 0 Å². The zero-order chi connectivity index (χ0) is 6.97. The van der Waals surface area contributed by atoms with E-state index in [1.807, 2.05) is 0 Å². The summed E-state index contributed by atoms with van der Waals surface area (Å²) in [6.45, 7) is 0.420. The lowest BCUT2D eigenvalue weighted by molar-refractivity contribution is -0.194. The summed E-state index contributed by atoms with van der Waals surface area (Å²) in [5.74, 6) is 0.936. The van der Waals surface area contributed by atoms with Crippen LogP contribution in [-0.4, -0.2) is 5.11 Å². The third-order valence-corrected chi connectivity index (χ3v) is 1.41. The van der Waals surface area contributed by atoms with Crippen LogP contribution in [0.4, 0.5) is 0 Å². The Hall–Kier alpha value is -1.22. The molecule has 0 saturated heterocycles. The smallest absolute Gasteiger partial charge is 0.171 e. The van der Waals surface area contributed by atoms with E-state index in [0.717, 1.165) is 5.56 Å². The highest BCUT2D eigenvalue weighted by atomic mass is 17.2. The van der Waals surface area contributed by atoms with E-state index in [1.54, 1.807) is 18.2 Å². The first-order chi connectivity index (χ1) is 4.86. The molecule has 0 saturated carbocycles. The Labute approximate surface area is 57.7 Å². The number of phenolic OH excluding ortho intramolecular Hbond substituents is 1. The maximum atomic E-state index is 8.99. The molecule has 1 aliphatic heterocycles. The summed E-state index contributed by atoms with van der Waals surface area (Å²) in [7, 11) is 0. The van der Waals surface area contributed by atoms with Crippen molar-refractivity contribution in [3.05, 3.63) is 23.8 Å². The normalized spacial score (nSPS) is 14.4. The fourth-order valence-electron chi connectivity index (χ4n) is 0.916. The second-order valence-electron chi connectivity index (χ2n) is 2.14. The van der Waals surface area contributed by atoms with Gasteiger partial charge in [-0.15, -0.1) is 0 Å². The van der Waals surface area contributed by atoms with Gasteiger partial charge in [-0.3, -0.25) is 0 Å². The minimum absolute atomic E-state index is 0.243. The van der Waals surface area contributed by atoms with E-state index in [1.165, 1.54) is 0 Å². The molecule has 0 aromatic heterocycles. The van der Waals surface area contributed by atoms with E-state index >= 15 is 0 Å². The first-order valence-electron chi connectivity index (χ1n) is 2.97. The largest absolute Gasteiger partial charge is 0.508 e. The Morgan fingerprint density at radius 1 is 1.40 bits per heavy atom. The van der Waals surface area contributed by atoms with E-state index in [9.17, 15) is 0 Å². The number of hydrogen-bond acceptors (Lipinski definition) is 3. The zero-order valence-corrected chi connectivity index (χ0v) is 5.20. The number of rotatable bonds is 0. The van der Waals surface area contributed by atoms with Crippen LogP contribution in [0.15, 0.2) is 18.2 Å². The van der Waals surface area contributed by atoms with Crippen molar-refractivity contribution in [1.82, 2.24) is 0 Å². The van der Waals surface area contributed by atoms with E-state index in [2.05, 4.69) is 4.89 Å². The number of aromatic hydroxyl groups is 1. The predicted molar refractivity (Wildman–Crippen MR) is 33.5 cm³/mol. The molecule has 0 amide bonds. The molecule has 1 N–H and O–H groups in total. The quantitative estimate of drug-likeness (QED) is 0.548. The average Bonchev–Trinajstić information content (AvgIpc) is 2.33. The summed E-state index contributed by atoms with van der Waals surface area (Å²) < 4.78 is 0. The Bertz CT molecular complexity index is 257. The molecule has 0 radical (unpaired) electrons. The van der Waals surface area contributed by atoms with Gasteiger partial charge in [-0.05, 0) is 18.2 Å². The first-order valence-corrected chi connectivity index (χ1v) is 2.97. The highest BCUT2D eigenvalue weighted by Gasteiger charge is 2.12. The molecule has 2 rings (SSSR count). The van der Waals surface area contributed by atoms with Gasteiger partial charge < -0.3 is 9.99 Å². The molecule has 1 aliphatic rings. The Morgan fingerprint density at radius 2 is 2.30 bits per heavy atom. The standard InChI is InChI=1S/C7H6O3/c8-6-1-2-7-5(3-6)4-9-10-7/h1-3,8H,4H2. The third-order valence-electron chi connectivity index (χ3n) is 1.41. The molecule has 0 atom stereocenters. The van der Waals surface area contributed by atoms with Gasteiger partial charge in [0.05, 0.1) is 0 Å². The van der Waals surface area contributed by atoms with E-state index in [0.29, 0.717) is 12.4 Å². The van der Waals surface area contributed by atoms with Crippen molar-refractivity contribution in [2.24, 2.45) is 0 Å². The molecule has 0 aliphatic carbocycles. The maximum Gasteiger partial charge on any atom is 0.171 e. The molecule has 3 heteroatoms. The highest BCUT2D eigenvalue weighted by molar-refractivity contribution is 5.39. The van der Waals surface area contributed by atoms with Crippen LogP contribution >= 0.6 is 0 Å². The van der Waals surface area contributed by atoms with Crippen molar-refractivity contribution >= 4 is 0 Å². The van der Waals surface area contributed by atoms with Gasteiger partial charge in [-0.1, -0.05) is 0 Å².